The van der Waals surface area contributed by atoms with Crippen LogP contribution in [-0.4, -0.2) is 64.4 Å². The van der Waals surface area contributed by atoms with E-state index in [0.717, 1.165) is 27.6 Å². The van der Waals surface area contributed by atoms with E-state index in [9.17, 15) is 14.8 Å². The summed E-state index contributed by atoms with van der Waals surface area (Å²) in [5, 5.41) is 22.9. The molecule has 0 spiro atoms. The van der Waals surface area contributed by atoms with Crippen molar-refractivity contribution in [2.45, 2.75) is 31.1 Å². The highest BCUT2D eigenvalue weighted by atomic mass is 31.2. The Hall–Kier alpha value is -3.74. The number of hydrogen-bond acceptors (Lipinski definition) is 9. The fourth-order valence-corrected chi connectivity index (χ4v) is 5.06. The summed E-state index contributed by atoms with van der Waals surface area (Å²) in [6.45, 7) is -0.137. The van der Waals surface area contributed by atoms with E-state index in [2.05, 4.69) is 19.5 Å². The Balaban J connectivity index is 1.25. The predicted molar refractivity (Wildman–Crippen MR) is 143 cm³/mol. The Morgan fingerprint density at radius 1 is 0.925 bits per heavy atom. The van der Waals surface area contributed by atoms with Crippen LogP contribution in [0, 0.1) is 0 Å². The van der Waals surface area contributed by atoms with Crippen LogP contribution in [-0.2, 0) is 20.4 Å². The topological polar surface area (TPSA) is 169 Å². The van der Waals surface area contributed by atoms with Crippen LogP contribution in [0.4, 0.5) is 0 Å². The molecule has 4 atom stereocenters. The molecule has 1 fully saturated rings. The summed E-state index contributed by atoms with van der Waals surface area (Å²) in [7, 11) is -4.78. The highest BCUT2D eigenvalue weighted by molar-refractivity contribution is 7.46. The van der Waals surface area contributed by atoms with E-state index in [1.54, 1.807) is 0 Å². The average molecular weight is 564 g/mol. The first kappa shape index (κ1) is 26.5. The molecule has 0 aliphatic carbocycles. The lowest BCUT2D eigenvalue weighted by Crippen LogP contribution is -2.33. The molecule has 1 aliphatic heterocycles. The number of fused-ring (bicyclic) bond motifs is 2. The van der Waals surface area contributed by atoms with E-state index in [4.69, 9.17) is 19.3 Å². The SMILES string of the molecule is O=P(O)(O)OC[C@H]1O[C@@H](n2cnc3c(-c4ccc5cc(OCc6ccccc6)ccc5c4)ncnc32)[C@H](O)[C@@H]1O. The number of hydrogen-bond donors (Lipinski definition) is 4. The Kier molecular flexibility index (Phi) is 7.07. The third-order valence-corrected chi connectivity index (χ3v) is 7.20. The fraction of sp³-hybridized carbons (Fsp3) is 0.222. The van der Waals surface area contributed by atoms with Gasteiger partial charge in [-0.15, -0.1) is 0 Å². The largest absolute Gasteiger partial charge is 0.489 e. The second-order valence-electron chi connectivity index (χ2n) is 9.38. The van der Waals surface area contributed by atoms with E-state index >= 15 is 0 Å². The van der Waals surface area contributed by atoms with Crippen molar-refractivity contribution in [2.24, 2.45) is 0 Å². The summed E-state index contributed by atoms with van der Waals surface area (Å²) in [5.41, 5.74) is 3.24. The maximum atomic E-state index is 11.0. The Morgan fingerprint density at radius 2 is 1.70 bits per heavy atom. The zero-order valence-corrected chi connectivity index (χ0v) is 21.8. The number of nitrogens with zero attached hydrogens (tertiary/aromatic N) is 4. The molecule has 0 radical (unpaired) electrons. The molecule has 0 amide bonds. The lowest BCUT2D eigenvalue weighted by atomic mass is 10.0. The summed E-state index contributed by atoms with van der Waals surface area (Å²) >= 11 is 0. The van der Waals surface area contributed by atoms with Crippen molar-refractivity contribution in [1.82, 2.24) is 19.5 Å². The van der Waals surface area contributed by atoms with Crippen LogP contribution < -0.4 is 4.74 Å². The van der Waals surface area contributed by atoms with Crippen LogP contribution in [0.1, 0.15) is 11.8 Å². The first-order valence-corrected chi connectivity index (χ1v) is 13.9. The highest BCUT2D eigenvalue weighted by Gasteiger charge is 2.45. The van der Waals surface area contributed by atoms with Crippen LogP contribution >= 0.6 is 7.82 Å². The number of imidazole rings is 1. The van der Waals surface area contributed by atoms with Gasteiger partial charge in [0, 0.05) is 5.56 Å². The third-order valence-electron chi connectivity index (χ3n) is 6.71. The summed E-state index contributed by atoms with van der Waals surface area (Å²) in [6.07, 6.45) is -2.37. The summed E-state index contributed by atoms with van der Waals surface area (Å²) < 4.78 is 28.6. The molecule has 40 heavy (non-hydrogen) atoms. The third kappa shape index (κ3) is 5.34. The minimum Gasteiger partial charge on any atom is -0.489 e. The summed E-state index contributed by atoms with van der Waals surface area (Å²) in [4.78, 5) is 31.1. The van der Waals surface area contributed by atoms with Gasteiger partial charge in [-0.1, -0.05) is 48.5 Å². The lowest BCUT2D eigenvalue weighted by molar-refractivity contribution is -0.0504. The number of aliphatic hydroxyl groups excluding tert-OH is 2. The standard InChI is InChI=1S/C27H25N4O8P/c32-24-21(13-38-40(34,35)36)39-27(25(24)33)31-15-30-23-22(28-14-29-26(23)31)19-7-6-18-11-20(9-8-17(18)10-19)37-12-16-4-2-1-3-5-16/h1-11,14-15,21,24-25,27,32-33H,12-13H2,(H2,34,35,36)/t21-,24-,25-,27-/m1/s1. The van der Waals surface area contributed by atoms with Crippen LogP contribution in [0.2, 0.25) is 0 Å². The zero-order chi connectivity index (χ0) is 27.9. The highest BCUT2D eigenvalue weighted by Crippen LogP contribution is 2.39. The number of aromatic nitrogens is 4. The van der Waals surface area contributed by atoms with Gasteiger partial charge in [-0.05, 0) is 34.5 Å². The van der Waals surface area contributed by atoms with E-state index < -0.39 is 39.0 Å². The number of ether oxygens (including phenoxy) is 2. The minimum absolute atomic E-state index is 0.350. The zero-order valence-electron chi connectivity index (χ0n) is 20.9. The van der Waals surface area contributed by atoms with E-state index in [1.165, 1.54) is 17.2 Å². The molecule has 13 heteroatoms. The summed E-state index contributed by atoms with van der Waals surface area (Å²) in [5.74, 6) is 0.758. The number of rotatable bonds is 8. The monoisotopic (exact) mass is 564 g/mol. The van der Waals surface area contributed by atoms with Crippen LogP contribution in [0.25, 0.3) is 33.2 Å². The first-order chi connectivity index (χ1) is 19.3. The van der Waals surface area contributed by atoms with E-state index in [-0.39, 0.29) is 0 Å². The van der Waals surface area contributed by atoms with Crippen molar-refractivity contribution in [2.75, 3.05) is 6.61 Å². The molecular weight excluding hydrogens is 539 g/mol. The number of phosphoric acid groups is 1. The molecule has 0 bridgehead atoms. The molecule has 4 N–H and O–H groups in total. The molecule has 206 valence electrons. The van der Waals surface area contributed by atoms with Crippen LogP contribution in [0.5, 0.6) is 5.75 Å². The van der Waals surface area contributed by atoms with Gasteiger partial charge >= 0.3 is 7.82 Å². The quantitative estimate of drug-likeness (QED) is 0.204. The average Bonchev–Trinajstić information content (AvgIpc) is 3.51. The smallest absolute Gasteiger partial charge is 0.469 e. The molecule has 1 aliphatic rings. The second kappa shape index (κ2) is 10.7. The Labute approximate surface area is 227 Å². The molecule has 3 heterocycles. The molecule has 0 unspecified atom stereocenters. The Bertz CT molecular complexity index is 1710. The van der Waals surface area contributed by atoms with Crippen LogP contribution in [0.15, 0.2) is 79.4 Å². The molecule has 2 aromatic heterocycles. The van der Waals surface area contributed by atoms with Crippen molar-refractivity contribution in [1.29, 1.82) is 0 Å². The normalized spacial score (nSPS) is 21.3. The van der Waals surface area contributed by atoms with Crippen LogP contribution in [0.3, 0.4) is 0 Å². The number of benzene rings is 3. The molecule has 5 aromatic rings. The van der Waals surface area contributed by atoms with E-state index in [1.807, 2.05) is 66.7 Å². The van der Waals surface area contributed by atoms with Gasteiger partial charge in [0.15, 0.2) is 11.9 Å². The van der Waals surface area contributed by atoms with Gasteiger partial charge in [-0.25, -0.2) is 19.5 Å². The van der Waals surface area contributed by atoms with Gasteiger partial charge in [0.2, 0.25) is 0 Å². The number of aliphatic hydroxyl groups is 2. The van der Waals surface area contributed by atoms with Crippen molar-refractivity contribution in [3.63, 3.8) is 0 Å². The van der Waals surface area contributed by atoms with Gasteiger partial charge in [0.05, 0.1) is 12.9 Å². The van der Waals surface area contributed by atoms with Crippen molar-refractivity contribution >= 4 is 29.8 Å². The predicted octanol–water partition coefficient (Wildman–Crippen LogP) is 2.95. The second-order valence-corrected chi connectivity index (χ2v) is 10.6. The minimum atomic E-state index is -4.78. The van der Waals surface area contributed by atoms with Gasteiger partial charge in [-0.2, -0.15) is 0 Å². The maximum absolute atomic E-state index is 11.0. The molecular formula is C27H25N4O8P. The Morgan fingerprint density at radius 3 is 2.50 bits per heavy atom. The molecule has 6 rings (SSSR count). The van der Waals surface area contributed by atoms with E-state index in [0.29, 0.717) is 23.5 Å². The van der Waals surface area contributed by atoms with Crippen molar-refractivity contribution in [3.8, 4) is 17.0 Å². The number of phosphoric ester groups is 1. The van der Waals surface area contributed by atoms with Crippen molar-refractivity contribution in [3.05, 3.63) is 84.9 Å². The summed E-state index contributed by atoms with van der Waals surface area (Å²) in [6, 6.07) is 21.7. The molecule has 3 aromatic carbocycles. The van der Waals surface area contributed by atoms with Crippen molar-refractivity contribution < 1.29 is 38.6 Å². The van der Waals surface area contributed by atoms with Gasteiger partial charge in [-0.3, -0.25) is 9.09 Å². The fourth-order valence-electron chi connectivity index (χ4n) is 4.72. The lowest BCUT2D eigenvalue weighted by Gasteiger charge is -2.16. The maximum Gasteiger partial charge on any atom is 0.469 e. The molecule has 1 saturated heterocycles. The molecule has 12 nitrogen and oxygen atoms in total. The molecule has 0 saturated carbocycles. The van der Waals surface area contributed by atoms with Gasteiger partial charge < -0.3 is 29.5 Å². The van der Waals surface area contributed by atoms with Gasteiger partial charge in [0.1, 0.15) is 48.2 Å². The van der Waals surface area contributed by atoms with Gasteiger partial charge in [0.25, 0.3) is 0 Å². The first-order valence-electron chi connectivity index (χ1n) is 12.4.